The number of aromatic nitrogens is 3. The molecule has 0 radical (unpaired) electrons. The van der Waals surface area contributed by atoms with Crippen LogP contribution in [0.3, 0.4) is 0 Å². The molecule has 0 unspecified atom stereocenters. The Labute approximate surface area is 205 Å². The number of amides is 1. The number of rotatable bonds is 8. The lowest BCUT2D eigenvalue weighted by Gasteiger charge is -2.09. The van der Waals surface area contributed by atoms with E-state index in [9.17, 15) is 14.4 Å². The monoisotopic (exact) mass is 492 g/mol. The summed E-state index contributed by atoms with van der Waals surface area (Å²) >= 11 is 1.32. The average Bonchev–Trinajstić information content (AvgIpc) is 3.27. The lowest BCUT2D eigenvalue weighted by atomic mass is 10.2. The van der Waals surface area contributed by atoms with E-state index in [0.717, 1.165) is 10.6 Å². The third-order valence-corrected chi connectivity index (χ3v) is 6.11. The van der Waals surface area contributed by atoms with Crippen LogP contribution < -0.4 is 15.6 Å². The molecule has 0 saturated heterocycles. The van der Waals surface area contributed by atoms with Crippen LogP contribution in [0.2, 0.25) is 0 Å². The van der Waals surface area contributed by atoms with Gasteiger partial charge in [-0.05, 0) is 42.8 Å². The molecule has 9 nitrogen and oxygen atoms in total. The first-order chi connectivity index (χ1) is 16.8. The third-order valence-electron chi connectivity index (χ3n) is 4.90. The molecule has 1 N–H and O–H groups in total. The zero-order valence-electron chi connectivity index (χ0n) is 19.5. The van der Waals surface area contributed by atoms with Gasteiger partial charge in [-0.3, -0.25) is 9.59 Å². The fraction of sp³-hybridized carbons (Fsp3) is 0.240. The van der Waals surface area contributed by atoms with Crippen molar-refractivity contribution in [1.29, 1.82) is 0 Å². The number of hydrogen-bond donors (Lipinski definition) is 1. The highest BCUT2D eigenvalue weighted by Crippen LogP contribution is 2.20. The van der Waals surface area contributed by atoms with Crippen molar-refractivity contribution in [3.63, 3.8) is 0 Å². The van der Waals surface area contributed by atoms with Crippen LogP contribution in [-0.2, 0) is 16.1 Å². The summed E-state index contributed by atoms with van der Waals surface area (Å²) in [6, 6.07) is 15.1. The van der Waals surface area contributed by atoms with Gasteiger partial charge in [0.05, 0.1) is 11.3 Å². The van der Waals surface area contributed by atoms with Crippen molar-refractivity contribution in [2.75, 3.05) is 11.9 Å². The second kappa shape index (κ2) is 10.5. The van der Waals surface area contributed by atoms with Crippen molar-refractivity contribution in [3.8, 4) is 5.75 Å². The highest BCUT2D eigenvalue weighted by atomic mass is 32.1. The lowest BCUT2D eigenvalue weighted by molar-refractivity contribution is -0.118. The Bertz CT molecular complexity index is 1440. The molecule has 0 bridgehead atoms. The largest absolute Gasteiger partial charge is 0.484 e. The summed E-state index contributed by atoms with van der Waals surface area (Å²) in [4.78, 5) is 42.0. The predicted molar refractivity (Wildman–Crippen MR) is 132 cm³/mol. The Hall–Kier alpha value is -4.05. The lowest BCUT2D eigenvalue weighted by Crippen LogP contribution is -2.20. The van der Waals surface area contributed by atoms with E-state index < -0.39 is 5.97 Å². The molecule has 35 heavy (non-hydrogen) atoms. The van der Waals surface area contributed by atoms with Crippen LogP contribution in [0.1, 0.15) is 46.4 Å². The number of ether oxygens (including phenoxy) is 2. The predicted octanol–water partition coefficient (Wildman–Crippen LogP) is 3.96. The first kappa shape index (κ1) is 24.1. The van der Waals surface area contributed by atoms with Gasteiger partial charge in [0.2, 0.25) is 4.96 Å². The Morgan fingerprint density at radius 3 is 2.69 bits per heavy atom. The highest BCUT2D eigenvalue weighted by Gasteiger charge is 2.14. The van der Waals surface area contributed by atoms with Crippen LogP contribution in [0, 0.1) is 6.92 Å². The molecule has 0 saturated carbocycles. The number of carbonyl (C=O) groups excluding carboxylic acids is 2. The van der Waals surface area contributed by atoms with E-state index in [1.165, 1.54) is 28.0 Å². The summed E-state index contributed by atoms with van der Waals surface area (Å²) in [5, 5.41) is 7.77. The number of nitrogens with one attached hydrogen (secondary N) is 1. The molecule has 1 amide bonds. The maximum Gasteiger partial charge on any atom is 0.338 e. The van der Waals surface area contributed by atoms with Gasteiger partial charge >= 0.3 is 5.97 Å². The quantitative estimate of drug-likeness (QED) is 0.371. The van der Waals surface area contributed by atoms with E-state index in [-0.39, 0.29) is 36.2 Å². The number of fused-ring (bicyclic) bond motifs is 1. The summed E-state index contributed by atoms with van der Waals surface area (Å²) in [6.07, 6.45) is 0. The average molecular weight is 493 g/mol. The van der Waals surface area contributed by atoms with Crippen molar-refractivity contribution in [2.24, 2.45) is 0 Å². The number of aryl methyl sites for hydroxylation is 1. The van der Waals surface area contributed by atoms with Gasteiger partial charge in [-0.25, -0.2) is 9.78 Å². The minimum atomic E-state index is -0.605. The van der Waals surface area contributed by atoms with Crippen LogP contribution >= 0.6 is 11.3 Å². The normalized spacial score (nSPS) is 11.0. The third kappa shape index (κ3) is 6.10. The number of hydrogen-bond acceptors (Lipinski definition) is 8. The first-order valence-corrected chi connectivity index (χ1v) is 11.8. The number of nitrogens with zero attached hydrogens (tertiary/aromatic N) is 3. The highest BCUT2D eigenvalue weighted by molar-refractivity contribution is 7.16. The molecule has 10 heteroatoms. The minimum absolute atomic E-state index is 0.166. The molecule has 4 aromatic rings. The summed E-state index contributed by atoms with van der Waals surface area (Å²) in [5.41, 5.74) is 1.71. The fourth-order valence-electron chi connectivity index (χ4n) is 3.18. The second-order valence-corrected chi connectivity index (χ2v) is 9.17. The SMILES string of the molecule is Cc1cccc(OCC(=O)Nc2cccc(C(=O)OCc3cc(=O)n4nc(C(C)C)sc4n3)c2)c1. The maximum absolute atomic E-state index is 12.6. The zero-order valence-corrected chi connectivity index (χ0v) is 20.3. The first-order valence-electron chi connectivity index (χ1n) is 10.9. The standard InChI is InChI=1S/C25H24N4O5S/c1-15(2)23-28-29-22(31)12-19(27-25(29)35-23)13-34-24(32)17-7-5-8-18(11-17)26-21(30)14-33-20-9-4-6-16(3)10-20/h4-12,15H,13-14H2,1-3H3,(H,26,30). The molecule has 0 aliphatic rings. The summed E-state index contributed by atoms with van der Waals surface area (Å²) in [6.45, 7) is 5.57. The van der Waals surface area contributed by atoms with Gasteiger partial charge in [-0.2, -0.15) is 9.61 Å². The smallest absolute Gasteiger partial charge is 0.338 e. The molecule has 2 aromatic carbocycles. The van der Waals surface area contributed by atoms with Gasteiger partial charge < -0.3 is 14.8 Å². The van der Waals surface area contributed by atoms with Gasteiger partial charge in [0.25, 0.3) is 11.5 Å². The van der Waals surface area contributed by atoms with Gasteiger partial charge in [-0.1, -0.05) is 43.4 Å². The zero-order chi connectivity index (χ0) is 24.9. The fourth-order valence-corrected chi connectivity index (χ4v) is 4.10. The molecular weight excluding hydrogens is 468 g/mol. The van der Waals surface area contributed by atoms with Crippen molar-refractivity contribution in [1.82, 2.24) is 14.6 Å². The number of anilines is 1. The Morgan fingerprint density at radius 1 is 1.11 bits per heavy atom. The van der Waals surface area contributed by atoms with Crippen molar-refractivity contribution in [2.45, 2.75) is 33.3 Å². The van der Waals surface area contributed by atoms with Crippen molar-refractivity contribution < 1.29 is 19.1 Å². The van der Waals surface area contributed by atoms with Gasteiger partial charge in [0.1, 0.15) is 17.4 Å². The number of carbonyl (C=O) groups is 2. The molecule has 0 aliphatic carbocycles. The van der Waals surface area contributed by atoms with E-state index in [1.807, 2.05) is 39.0 Å². The topological polar surface area (TPSA) is 112 Å². The number of esters is 1. The maximum atomic E-state index is 12.6. The summed E-state index contributed by atoms with van der Waals surface area (Å²) < 4.78 is 12.1. The van der Waals surface area contributed by atoms with Crippen LogP contribution in [0.15, 0.2) is 59.4 Å². The van der Waals surface area contributed by atoms with E-state index in [0.29, 0.717) is 22.1 Å². The minimum Gasteiger partial charge on any atom is -0.484 e. The summed E-state index contributed by atoms with van der Waals surface area (Å²) in [5.74, 6) is -0.196. The Kier molecular flexibility index (Phi) is 7.21. The molecule has 4 rings (SSSR count). The van der Waals surface area contributed by atoms with Crippen LogP contribution in [-0.4, -0.2) is 33.1 Å². The van der Waals surface area contributed by atoms with Crippen LogP contribution in [0.4, 0.5) is 5.69 Å². The van der Waals surface area contributed by atoms with Gasteiger partial charge in [0, 0.05) is 17.7 Å². The molecule has 0 spiro atoms. The molecule has 0 fully saturated rings. The van der Waals surface area contributed by atoms with Gasteiger partial charge in [0.15, 0.2) is 6.61 Å². The molecular formula is C25H24N4O5S. The van der Waals surface area contributed by atoms with E-state index in [1.54, 1.807) is 24.3 Å². The van der Waals surface area contributed by atoms with Gasteiger partial charge in [-0.15, -0.1) is 0 Å². The second-order valence-electron chi connectivity index (χ2n) is 8.19. The molecule has 0 aliphatic heterocycles. The van der Waals surface area contributed by atoms with Crippen LogP contribution in [0.25, 0.3) is 4.96 Å². The molecule has 2 heterocycles. The van der Waals surface area contributed by atoms with Crippen molar-refractivity contribution in [3.05, 3.63) is 86.8 Å². The number of benzene rings is 2. The Morgan fingerprint density at radius 2 is 1.91 bits per heavy atom. The Balaban J connectivity index is 1.36. The molecule has 0 atom stereocenters. The van der Waals surface area contributed by atoms with E-state index in [2.05, 4.69) is 15.4 Å². The van der Waals surface area contributed by atoms with E-state index >= 15 is 0 Å². The van der Waals surface area contributed by atoms with E-state index in [4.69, 9.17) is 9.47 Å². The molecule has 2 aromatic heterocycles. The molecule has 180 valence electrons. The van der Waals surface area contributed by atoms with Crippen molar-refractivity contribution >= 4 is 33.9 Å². The summed E-state index contributed by atoms with van der Waals surface area (Å²) in [7, 11) is 0. The van der Waals surface area contributed by atoms with Crippen LogP contribution in [0.5, 0.6) is 5.75 Å².